The monoisotopic (exact) mass is 422 g/mol. The number of hydrogen-bond acceptors (Lipinski definition) is 5. The van der Waals surface area contributed by atoms with Crippen LogP contribution in [0.3, 0.4) is 0 Å². The maximum absolute atomic E-state index is 14.5. The quantitative estimate of drug-likeness (QED) is 0.565. The minimum absolute atomic E-state index is 0.0741. The van der Waals surface area contributed by atoms with Crippen molar-refractivity contribution < 1.29 is 28.2 Å². The van der Waals surface area contributed by atoms with Gasteiger partial charge in [0.1, 0.15) is 17.6 Å². The van der Waals surface area contributed by atoms with Crippen LogP contribution in [0.25, 0.3) is 0 Å². The van der Waals surface area contributed by atoms with Gasteiger partial charge in [-0.05, 0) is 36.8 Å². The molecule has 1 saturated heterocycles. The first-order chi connectivity index (χ1) is 14.2. The molecule has 0 aliphatic carbocycles. The van der Waals surface area contributed by atoms with E-state index in [1.807, 2.05) is 13.8 Å². The molecule has 1 heterocycles. The van der Waals surface area contributed by atoms with Gasteiger partial charge in [0, 0.05) is 24.4 Å². The molecule has 0 saturated carbocycles. The molecule has 1 aliphatic rings. The number of methoxy groups -OCH3 is 2. The lowest BCUT2D eigenvalue weighted by atomic mass is 9.84. The van der Waals surface area contributed by atoms with Crippen molar-refractivity contribution in [3.05, 3.63) is 29.6 Å². The molecule has 3 atom stereocenters. The highest BCUT2D eigenvalue weighted by Crippen LogP contribution is 2.31. The van der Waals surface area contributed by atoms with Gasteiger partial charge in [0.15, 0.2) is 0 Å². The topological polar surface area (TPSA) is 93.7 Å². The molecule has 2 N–H and O–H groups in total. The average Bonchev–Trinajstić information content (AvgIpc) is 3.11. The van der Waals surface area contributed by atoms with Crippen molar-refractivity contribution in [2.75, 3.05) is 14.2 Å². The Morgan fingerprint density at radius 3 is 2.60 bits per heavy atom. The Morgan fingerprint density at radius 2 is 2.07 bits per heavy atom. The molecular formula is C22H31FN2O5. The molecule has 1 aliphatic heterocycles. The average molecular weight is 422 g/mol. The minimum atomic E-state index is -0.722. The molecule has 0 aromatic heterocycles. The predicted octanol–water partition coefficient (Wildman–Crippen LogP) is 2.51. The SMILES string of the molecule is CC[C@H](C)[C@H](NC(=O)CC[C@@]1(Cc2ccc(OC)cc2F)CCC(=O)N1)C(=O)OC. The van der Waals surface area contributed by atoms with E-state index in [1.54, 1.807) is 12.1 Å². The molecule has 2 amide bonds. The Kier molecular flexibility index (Phi) is 8.20. The second-order valence-corrected chi connectivity index (χ2v) is 7.92. The number of halogens is 1. The third-order valence-corrected chi connectivity index (χ3v) is 5.84. The number of nitrogens with one attached hydrogen (secondary N) is 2. The summed E-state index contributed by atoms with van der Waals surface area (Å²) in [5.41, 5.74) is -0.258. The molecule has 0 bridgehead atoms. The first-order valence-electron chi connectivity index (χ1n) is 10.2. The fraction of sp³-hybridized carbons (Fsp3) is 0.591. The van der Waals surface area contributed by atoms with Crippen LogP contribution in [-0.2, 0) is 25.5 Å². The van der Waals surface area contributed by atoms with Crippen LogP contribution in [0.5, 0.6) is 5.75 Å². The van der Waals surface area contributed by atoms with Crippen molar-refractivity contribution in [2.45, 2.75) is 64.0 Å². The summed E-state index contributed by atoms with van der Waals surface area (Å²) in [5.74, 6) is -0.976. The van der Waals surface area contributed by atoms with E-state index in [1.165, 1.54) is 20.3 Å². The largest absolute Gasteiger partial charge is 0.497 e. The molecule has 1 fully saturated rings. The second kappa shape index (κ2) is 10.4. The molecule has 1 aromatic carbocycles. The van der Waals surface area contributed by atoms with Crippen LogP contribution in [0.1, 0.15) is 51.5 Å². The molecule has 166 valence electrons. The summed E-state index contributed by atoms with van der Waals surface area (Å²) in [6.07, 6.45) is 2.25. The standard InChI is InChI=1S/C22H31FN2O5/c1-5-14(2)20(21(28)30-4)24-18(26)8-10-22(11-9-19(27)25-22)13-15-6-7-16(29-3)12-17(15)23/h6-7,12,14,20H,5,8-11,13H2,1-4H3,(H,24,26)(H,25,27)/t14-,20-,22-/m0/s1. The number of hydrogen-bond donors (Lipinski definition) is 2. The first kappa shape index (κ1) is 23.6. The number of carbonyl (C=O) groups is 3. The van der Waals surface area contributed by atoms with Crippen LogP contribution in [-0.4, -0.2) is 43.6 Å². The van der Waals surface area contributed by atoms with Crippen LogP contribution < -0.4 is 15.4 Å². The van der Waals surface area contributed by atoms with Crippen molar-refractivity contribution in [1.29, 1.82) is 0 Å². The summed E-state index contributed by atoms with van der Waals surface area (Å²) in [4.78, 5) is 36.5. The van der Waals surface area contributed by atoms with E-state index >= 15 is 0 Å². The van der Waals surface area contributed by atoms with E-state index < -0.39 is 23.4 Å². The molecule has 0 spiro atoms. The van der Waals surface area contributed by atoms with Crippen LogP contribution >= 0.6 is 0 Å². The number of esters is 1. The zero-order valence-electron chi connectivity index (χ0n) is 18.0. The number of amides is 2. The van der Waals surface area contributed by atoms with Crippen LogP contribution in [0, 0.1) is 11.7 Å². The highest BCUT2D eigenvalue weighted by atomic mass is 19.1. The fourth-order valence-electron chi connectivity index (χ4n) is 3.74. The normalized spacial score (nSPS) is 20.2. The highest BCUT2D eigenvalue weighted by Gasteiger charge is 2.39. The van der Waals surface area contributed by atoms with E-state index in [2.05, 4.69) is 10.6 Å². The Balaban J connectivity index is 2.08. The molecule has 30 heavy (non-hydrogen) atoms. The fourth-order valence-corrected chi connectivity index (χ4v) is 3.74. The van der Waals surface area contributed by atoms with E-state index in [-0.39, 0.29) is 30.6 Å². The number of rotatable bonds is 10. The summed E-state index contributed by atoms with van der Waals surface area (Å²) >= 11 is 0. The number of carbonyl (C=O) groups excluding carboxylic acids is 3. The van der Waals surface area contributed by atoms with E-state index in [0.29, 0.717) is 37.0 Å². The maximum Gasteiger partial charge on any atom is 0.328 e. The zero-order valence-corrected chi connectivity index (χ0v) is 18.0. The molecule has 0 radical (unpaired) electrons. The van der Waals surface area contributed by atoms with Crippen molar-refractivity contribution in [3.8, 4) is 5.75 Å². The lowest BCUT2D eigenvalue weighted by molar-refractivity contribution is -0.146. The molecule has 7 nitrogen and oxygen atoms in total. The summed E-state index contributed by atoms with van der Waals surface area (Å²) in [6, 6.07) is 3.89. The zero-order chi connectivity index (χ0) is 22.3. The second-order valence-electron chi connectivity index (χ2n) is 7.92. The van der Waals surface area contributed by atoms with Gasteiger partial charge in [-0.1, -0.05) is 26.3 Å². The smallest absolute Gasteiger partial charge is 0.328 e. The van der Waals surface area contributed by atoms with E-state index in [4.69, 9.17) is 9.47 Å². The summed E-state index contributed by atoms with van der Waals surface area (Å²) < 4.78 is 24.3. The Morgan fingerprint density at radius 1 is 1.33 bits per heavy atom. The van der Waals surface area contributed by atoms with Gasteiger partial charge in [0.25, 0.3) is 0 Å². The number of benzene rings is 1. The van der Waals surface area contributed by atoms with Crippen LogP contribution in [0.15, 0.2) is 18.2 Å². The molecule has 0 unspecified atom stereocenters. The number of ether oxygens (including phenoxy) is 2. The molecule has 1 aromatic rings. The van der Waals surface area contributed by atoms with E-state index in [0.717, 1.165) is 0 Å². The predicted molar refractivity (Wildman–Crippen MR) is 109 cm³/mol. The lowest BCUT2D eigenvalue weighted by Gasteiger charge is -2.30. The van der Waals surface area contributed by atoms with Crippen molar-refractivity contribution in [3.63, 3.8) is 0 Å². The summed E-state index contributed by atoms with van der Waals surface area (Å²) in [7, 11) is 2.75. The molecule has 8 heteroatoms. The van der Waals surface area contributed by atoms with Crippen LogP contribution in [0.2, 0.25) is 0 Å². The summed E-state index contributed by atoms with van der Waals surface area (Å²) in [5, 5.41) is 5.68. The minimum Gasteiger partial charge on any atom is -0.497 e. The lowest BCUT2D eigenvalue weighted by Crippen LogP contribution is -2.48. The van der Waals surface area contributed by atoms with Gasteiger partial charge < -0.3 is 20.1 Å². The third-order valence-electron chi connectivity index (χ3n) is 5.84. The Hall–Kier alpha value is -2.64. The third kappa shape index (κ3) is 5.93. The maximum atomic E-state index is 14.5. The van der Waals surface area contributed by atoms with Gasteiger partial charge >= 0.3 is 5.97 Å². The van der Waals surface area contributed by atoms with Crippen molar-refractivity contribution >= 4 is 17.8 Å². The van der Waals surface area contributed by atoms with Crippen LogP contribution in [0.4, 0.5) is 4.39 Å². The van der Waals surface area contributed by atoms with Gasteiger partial charge in [-0.2, -0.15) is 0 Å². The van der Waals surface area contributed by atoms with Gasteiger partial charge in [-0.3, -0.25) is 9.59 Å². The Labute approximate surface area is 176 Å². The highest BCUT2D eigenvalue weighted by molar-refractivity contribution is 5.85. The first-order valence-corrected chi connectivity index (χ1v) is 10.2. The Bertz CT molecular complexity index is 785. The van der Waals surface area contributed by atoms with E-state index in [9.17, 15) is 18.8 Å². The van der Waals surface area contributed by atoms with Gasteiger partial charge in [0.05, 0.1) is 14.2 Å². The van der Waals surface area contributed by atoms with Gasteiger partial charge in [0.2, 0.25) is 11.8 Å². The van der Waals surface area contributed by atoms with Crippen molar-refractivity contribution in [2.24, 2.45) is 5.92 Å². The van der Waals surface area contributed by atoms with Crippen molar-refractivity contribution in [1.82, 2.24) is 10.6 Å². The molecule has 2 rings (SSSR count). The summed E-state index contributed by atoms with van der Waals surface area (Å²) in [6.45, 7) is 3.80. The molecular weight excluding hydrogens is 391 g/mol. The van der Waals surface area contributed by atoms with Gasteiger partial charge in [-0.25, -0.2) is 9.18 Å². The van der Waals surface area contributed by atoms with Gasteiger partial charge in [-0.15, -0.1) is 0 Å².